The first-order valence-electron chi connectivity index (χ1n) is 7.82. The number of hydrogen-bond donors (Lipinski definition) is 1. The Labute approximate surface area is 127 Å². The monoisotopic (exact) mass is 287 g/mol. The van der Waals surface area contributed by atoms with Crippen LogP contribution in [-0.4, -0.2) is 12.2 Å². The molecule has 21 heavy (non-hydrogen) atoms. The molecule has 0 spiro atoms. The lowest BCUT2D eigenvalue weighted by Gasteiger charge is -2.38. The van der Waals surface area contributed by atoms with Gasteiger partial charge in [0.05, 0.1) is 24.2 Å². The van der Waals surface area contributed by atoms with E-state index in [0.29, 0.717) is 12.5 Å². The van der Waals surface area contributed by atoms with Gasteiger partial charge in [-0.3, -0.25) is 0 Å². The number of nitriles is 1. The molecule has 0 heterocycles. The van der Waals surface area contributed by atoms with E-state index in [-0.39, 0.29) is 0 Å². The summed E-state index contributed by atoms with van der Waals surface area (Å²) in [6, 6.07) is 10.2. The topological polar surface area (TPSA) is 53.2 Å². The average Bonchev–Trinajstić information content (AvgIpc) is 2.55. The fourth-order valence-corrected chi connectivity index (χ4v) is 3.33. The van der Waals surface area contributed by atoms with Gasteiger partial charge < -0.3 is 9.84 Å². The lowest BCUT2D eigenvalue weighted by Crippen LogP contribution is -2.32. The van der Waals surface area contributed by atoms with Gasteiger partial charge in [-0.15, -0.1) is 0 Å². The molecule has 1 aliphatic carbocycles. The van der Waals surface area contributed by atoms with E-state index in [0.717, 1.165) is 36.8 Å². The van der Waals surface area contributed by atoms with E-state index in [2.05, 4.69) is 13.0 Å². The summed E-state index contributed by atoms with van der Waals surface area (Å²) in [6.07, 6.45) is 4.15. The molecule has 1 aliphatic rings. The molecule has 0 aliphatic heterocycles. The summed E-state index contributed by atoms with van der Waals surface area (Å²) in [7, 11) is 1.67. The van der Waals surface area contributed by atoms with Crippen molar-refractivity contribution < 1.29 is 9.84 Å². The van der Waals surface area contributed by atoms with Crippen LogP contribution in [0.5, 0.6) is 0 Å². The Bertz CT molecular complexity index is 481. The van der Waals surface area contributed by atoms with E-state index in [1.807, 2.05) is 24.3 Å². The lowest BCUT2D eigenvalue weighted by atomic mass is 9.66. The Hall–Kier alpha value is -1.37. The van der Waals surface area contributed by atoms with Gasteiger partial charge in [0.1, 0.15) is 0 Å². The first-order chi connectivity index (χ1) is 10.1. The quantitative estimate of drug-likeness (QED) is 0.891. The van der Waals surface area contributed by atoms with Gasteiger partial charge in [0.25, 0.3) is 0 Å². The highest BCUT2D eigenvalue weighted by molar-refractivity contribution is 5.27. The number of methoxy groups -OCH3 is 1. The second kappa shape index (κ2) is 7.06. The molecule has 0 aromatic heterocycles. The smallest absolute Gasteiger partial charge is 0.0976 e. The molecule has 2 rings (SSSR count). The Kier molecular flexibility index (Phi) is 5.39. The minimum absolute atomic E-state index is 0.567. The molecule has 114 valence electrons. The Morgan fingerprint density at radius 3 is 2.43 bits per heavy atom. The Morgan fingerprint density at radius 1 is 1.33 bits per heavy atom. The maximum absolute atomic E-state index is 10.7. The van der Waals surface area contributed by atoms with E-state index in [1.54, 1.807) is 7.11 Å². The van der Waals surface area contributed by atoms with Crippen LogP contribution < -0.4 is 0 Å². The molecule has 1 fully saturated rings. The third-order valence-electron chi connectivity index (χ3n) is 4.93. The van der Waals surface area contributed by atoms with Gasteiger partial charge in [-0.25, -0.2) is 0 Å². The standard InChI is InChI=1S/C18H25NO2/c1-3-14-8-10-18(13-19,11-9-14)17(20)16-6-4-15(5-7-16)12-21-2/h4-7,14,17,20H,3,8-12H2,1-2H3. The molecular formula is C18H25NO2. The minimum Gasteiger partial charge on any atom is -0.387 e. The number of hydrogen-bond acceptors (Lipinski definition) is 3. The maximum atomic E-state index is 10.7. The molecule has 1 unspecified atom stereocenters. The van der Waals surface area contributed by atoms with Crippen LogP contribution in [0.4, 0.5) is 0 Å². The molecule has 3 nitrogen and oxygen atoms in total. The SMILES string of the molecule is CCC1CCC(C#N)(C(O)c2ccc(COC)cc2)CC1. The van der Waals surface area contributed by atoms with Crippen molar-refractivity contribution in [2.75, 3.05) is 7.11 Å². The van der Waals surface area contributed by atoms with Crippen molar-refractivity contribution in [3.63, 3.8) is 0 Å². The molecule has 1 saturated carbocycles. The van der Waals surface area contributed by atoms with Crippen LogP contribution >= 0.6 is 0 Å². The summed E-state index contributed by atoms with van der Waals surface area (Å²) >= 11 is 0. The van der Waals surface area contributed by atoms with Gasteiger partial charge >= 0.3 is 0 Å². The number of aliphatic hydroxyl groups is 1. The Balaban J connectivity index is 2.13. The third kappa shape index (κ3) is 3.45. The van der Waals surface area contributed by atoms with Gasteiger partial charge in [0, 0.05) is 7.11 Å². The summed E-state index contributed by atoms with van der Waals surface area (Å²) < 4.78 is 5.09. The summed E-state index contributed by atoms with van der Waals surface area (Å²) in [5.74, 6) is 0.711. The van der Waals surface area contributed by atoms with Gasteiger partial charge in [0.2, 0.25) is 0 Å². The normalized spacial score (nSPS) is 27.0. The highest BCUT2D eigenvalue weighted by atomic mass is 16.5. The highest BCUT2D eigenvalue weighted by Gasteiger charge is 2.42. The molecular weight excluding hydrogens is 262 g/mol. The summed E-state index contributed by atoms with van der Waals surface area (Å²) in [6.45, 7) is 2.77. The van der Waals surface area contributed by atoms with Crippen molar-refractivity contribution in [1.82, 2.24) is 0 Å². The van der Waals surface area contributed by atoms with Crippen LogP contribution in [0.15, 0.2) is 24.3 Å². The first kappa shape index (κ1) is 16.0. The molecule has 0 radical (unpaired) electrons. The van der Waals surface area contributed by atoms with E-state index in [9.17, 15) is 10.4 Å². The zero-order chi connectivity index (χ0) is 15.3. The molecule has 3 heteroatoms. The van der Waals surface area contributed by atoms with Crippen molar-refractivity contribution in [3.05, 3.63) is 35.4 Å². The van der Waals surface area contributed by atoms with E-state index in [4.69, 9.17) is 4.74 Å². The molecule has 0 bridgehead atoms. The summed E-state index contributed by atoms with van der Waals surface area (Å²) in [5, 5.41) is 20.4. The molecule has 1 N–H and O–H groups in total. The predicted molar refractivity (Wildman–Crippen MR) is 82.4 cm³/mol. The largest absolute Gasteiger partial charge is 0.387 e. The number of ether oxygens (including phenoxy) is 1. The van der Waals surface area contributed by atoms with Crippen LogP contribution in [-0.2, 0) is 11.3 Å². The summed E-state index contributed by atoms with van der Waals surface area (Å²) in [4.78, 5) is 0. The molecule has 0 amide bonds. The number of aliphatic hydroxyl groups excluding tert-OH is 1. The van der Waals surface area contributed by atoms with Gasteiger partial charge in [0.15, 0.2) is 0 Å². The van der Waals surface area contributed by atoms with Crippen molar-refractivity contribution in [2.24, 2.45) is 11.3 Å². The van der Waals surface area contributed by atoms with Crippen LogP contribution in [0.1, 0.15) is 56.3 Å². The van der Waals surface area contributed by atoms with Crippen molar-refractivity contribution in [3.8, 4) is 6.07 Å². The van der Waals surface area contributed by atoms with Gasteiger partial charge in [-0.1, -0.05) is 37.6 Å². The highest BCUT2D eigenvalue weighted by Crippen LogP contribution is 2.47. The zero-order valence-corrected chi connectivity index (χ0v) is 13.0. The summed E-state index contributed by atoms with van der Waals surface area (Å²) in [5.41, 5.74) is 1.30. The zero-order valence-electron chi connectivity index (χ0n) is 13.0. The van der Waals surface area contributed by atoms with E-state index in [1.165, 1.54) is 6.42 Å². The number of nitrogens with zero attached hydrogens (tertiary/aromatic N) is 1. The third-order valence-corrected chi connectivity index (χ3v) is 4.93. The van der Waals surface area contributed by atoms with Crippen LogP contribution in [0.25, 0.3) is 0 Å². The molecule has 1 aromatic carbocycles. The van der Waals surface area contributed by atoms with Crippen LogP contribution in [0.2, 0.25) is 0 Å². The molecule has 0 saturated heterocycles. The average molecular weight is 287 g/mol. The van der Waals surface area contributed by atoms with E-state index >= 15 is 0 Å². The molecule has 1 aromatic rings. The van der Waals surface area contributed by atoms with Gasteiger partial charge in [-0.2, -0.15) is 5.26 Å². The Morgan fingerprint density at radius 2 is 1.95 bits per heavy atom. The number of benzene rings is 1. The fourth-order valence-electron chi connectivity index (χ4n) is 3.33. The maximum Gasteiger partial charge on any atom is 0.0976 e. The second-order valence-corrected chi connectivity index (χ2v) is 6.20. The first-order valence-corrected chi connectivity index (χ1v) is 7.82. The minimum atomic E-state index is -0.697. The van der Waals surface area contributed by atoms with Crippen molar-refractivity contribution >= 4 is 0 Å². The van der Waals surface area contributed by atoms with Crippen LogP contribution in [0, 0.1) is 22.7 Å². The fraction of sp³-hybridized carbons (Fsp3) is 0.611. The molecule has 1 atom stereocenters. The second-order valence-electron chi connectivity index (χ2n) is 6.20. The van der Waals surface area contributed by atoms with Crippen molar-refractivity contribution in [1.29, 1.82) is 5.26 Å². The lowest BCUT2D eigenvalue weighted by molar-refractivity contribution is 0.0242. The van der Waals surface area contributed by atoms with E-state index < -0.39 is 11.5 Å². The van der Waals surface area contributed by atoms with Crippen molar-refractivity contribution in [2.45, 2.75) is 51.7 Å². The number of rotatable bonds is 5. The predicted octanol–water partition coefficient (Wildman–Crippen LogP) is 3.98. The van der Waals surface area contributed by atoms with Gasteiger partial charge in [-0.05, 0) is 42.7 Å². The van der Waals surface area contributed by atoms with Crippen LogP contribution in [0.3, 0.4) is 0 Å².